The van der Waals surface area contributed by atoms with Crippen molar-refractivity contribution in [2.24, 2.45) is 5.92 Å². The molecule has 0 radical (unpaired) electrons. The van der Waals surface area contributed by atoms with Crippen molar-refractivity contribution in [2.45, 2.75) is 58.7 Å². The van der Waals surface area contributed by atoms with Gasteiger partial charge in [-0.05, 0) is 105 Å². The molecule has 2 N–H and O–H groups in total. The molecule has 0 saturated carbocycles. The minimum atomic E-state index is -4.74. The number of rotatable bonds is 9. The number of aryl methyl sites for hydroxylation is 2. The minimum absolute atomic E-state index is 0.0202. The van der Waals surface area contributed by atoms with Crippen molar-refractivity contribution in [1.82, 2.24) is 9.88 Å². The van der Waals surface area contributed by atoms with Crippen molar-refractivity contribution in [2.75, 3.05) is 25.0 Å². The average molecular weight is 578 g/mol. The van der Waals surface area contributed by atoms with E-state index in [-0.39, 0.29) is 17.6 Å². The molecule has 42 heavy (non-hydrogen) atoms. The Balaban J connectivity index is 1.26. The summed E-state index contributed by atoms with van der Waals surface area (Å²) in [5.74, 6) is 0.197. The van der Waals surface area contributed by atoms with Gasteiger partial charge >= 0.3 is 6.36 Å². The lowest BCUT2D eigenvalue weighted by atomic mass is 9.89. The van der Waals surface area contributed by atoms with Crippen LogP contribution in [0.5, 0.6) is 5.75 Å². The smallest absolute Gasteiger partial charge is 0.406 e. The lowest BCUT2D eigenvalue weighted by Gasteiger charge is -2.32. The predicted molar refractivity (Wildman–Crippen MR) is 162 cm³/mol. The molecule has 0 bridgehead atoms. The number of carbonyl (C=O) groups is 1. The first kappa shape index (κ1) is 29.7. The summed E-state index contributed by atoms with van der Waals surface area (Å²) in [5, 5.41) is 3.76. The molecule has 1 amide bonds. The van der Waals surface area contributed by atoms with Crippen molar-refractivity contribution in [1.29, 1.82) is 0 Å². The summed E-state index contributed by atoms with van der Waals surface area (Å²) in [6, 6.07) is 20.8. The molecular weight excluding hydrogens is 539 g/mol. The molecule has 5 nitrogen and oxygen atoms in total. The molecule has 1 saturated heterocycles. The molecule has 5 rings (SSSR count). The molecule has 0 atom stereocenters. The molecule has 2 heterocycles. The number of hydrogen-bond acceptors (Lipinski definition) is 3. The lowest BCUT2D eigenvalue weighted by molar-refractivity contribution is -0.274. The van der Waals surface area contributed by atoms with Gasteiger partial charge in [-0.1, -0.05) is 50.2 Å². The SMILES string of the molecule is Cc1ccccc1-c1[nH]c2ccc(OC(F)(F)F)cc2c1CCCN1CCC(c2cccc(NC(=O)C(C)C)c2)CC1. The van der Waals surface area contributed by atoms with Gasteiger partial charge in [-0.25, -0.2) is 0 Å². The quantitative estimate of drug-likeness (QED) is 0.210. The number of piperidine rings is 1. The van der Waals surface area contributed by atoms with Gasteiger partial charge in [0.2, 0.25) is 5.91 Å². The Hall–Kier alpha value is -3.78. The minimum Gasteiger partial charge on any atom is -0.406 e. The Morgan fingerprint density at radius 2 is 1.81 bits per heavy atom. The number of hydrogen-bond donors (Lipinski definition) is 2. The number of halogens is 3. The van der Waals surface area contributed by atoms with E-state index in [0.29, 0.717) is 5.92 Å². The Labute approximate surface area is 245 Å². The fraction of sp³-hybridized carbons (Fsp3) is 0.382. The van der Waals surface area contributed by atoms with E-state index in [2.05, 4.69) is 32.1 Å². The maximum absolute atomic E-state index is 13.0. The Morgan fingerprint density at radius 1 is 1.05 bits per heavy atom. The number of ether oxygens (including phenoxy) is 1. The monoisotopic (exact) mass is 577 g/mol. The second kappa shape index (κ2) is 12.6. The van der Waals surface area contributed by atoms with Crippen LogP contribution in [0.1, 0.15) is 55.7 Å². The molecule has 1 fully saturated rings. The summed E-state index contributed by atoms with van der Waals surface area (Å²) in [4.78, 5) is 18.1. The van der Waals surface area contributed by atoms with Crippen LogP contribution in [0, 0.1) is 12.8 Å². The number of aromatic nitrogens is 1. The van der Waals surface area contributed by atoms with Crippen LogP contribution in [0.4, 0.5) is 18.9 Å². The number of alkyl halides is 3. The zero-order valence-corrected chi connectivity index (χ0v) is 24.4. The maximum Gasteiger partial charge on any atom is 0.573 e. The number of anilines is 1. The first-order chi connectivity index (χ1) is 20.1. The number of carbonyl (C=O) groups excluding carboxylic acids is 1. The Morgan fingerprint density at radius 3 is 2.52 bits per heavy atom. The van der Waals surface area contributed by atoms with Gasteiger partial charge < -0.3 is 19.9 Å². The number of H-pyrrole nitrogens is 1. The van der Waals surface area contributed by atoms with Crippen LogP contribution in [0.2, 0.25) is 0 Å². The third-order valence-electron chi connectivity index (χ3n) is 8.16. The Bertz CT molecular complexity index is 1530. The fourth-order valence-corrected chi connectivity index (χ4v) is 5.89. The molecule has 0 aliphatic carbocycles. The number of aromatic amines is 1. The molecule has 0 spiro atoms. The normalized spacial score (nSPS) is 14.9. The van der Waals surface area contributed by atoms with Crippen LogP contribution in [-0.2, 0) is 11.2 Å². The number of benzene rings is 3. The summed E-state index contributed by atoms with van der Waals surface area (Å²) >= 11 is 0. The Kier molecular flexibility index (Phi) is 8.92. The van der Waals surface area contributed by atoms with Crippen LogP contribution in [0.25, 0.3) is 22.2 Å². The van der Waals surface area contributed by atoms with E-state index in [1.54, 1.807) is 6.07 Å². The van der Waals surface area contributed by atoms with Gasteiger partial charge in [0.1, 0.15) is 5.75 Å². The van der Waals surface area contributed by atoms with Crippen LogP contribution in [0.15, 0.2) is 66.7 Å². The highest BCUT2D eigenvalue weighted by atomic mass is 19.4. The second-order valence-corrected chi connectivity index (χ2v) is 11.5. The number of nitrogens with one attached hydrogen (secondary N) is 2. The number of nitrogens with zero attached hydrogens (tertiary/aromatic N) is 1. The van der Waals surface area contributed by atoms with E-state index in [9.17, 15) is 18.0 Å². The molecule has 8 heteroatoms. The number of likely N-dealkylation sites (tertiary alicyclic amines) is 1. The van der Waals surface area contributed by atoms with Gasteiger partial charge in [-0.15, -0.1) is 13.2 Å². The molecular formula is C34H38F3N3O2. The van der Waals surface area contributed by atoms with Gasteiger partial charge in [0.15, 0.2) is 0 Å². The number of amides is 1. The second-order valence-electron chi connectivity index (χ2n) is 11.5. The molecule has 0 unspecified atom stereocenters. The first-order valence-corrected chi connectivity index (χ1v) is 14.7. The molecule has 1 aliphatic heterocycles. The maximum atomic E-state index is 13.0. The third-order valence-corrected chi connectivity index (χ3v) is 8.16. The van der Waals surface area contributed by atoms with E-state index in [1.807, 2.05) is 57.2 Å². The van der Waals surface area contributed by atoms with Crippen LogP contribution in [0.3, 0.4) is 0 Å². The molecule has 222 valence electrons. The standard InChI is InChI=1S/C34H38F3N3O2/c1-22(2)33(41)38-26-10-6-9-25(20-26)24-15-18-40(19-16-24)17-7-12-29-30-21-27(42-34(35,36)37)13-14-31(30)39-32(29)28-11-5-4-8-23(28)3/h4-6,8-11,13-14,20-22,24,39H,7,12,15-19H2,1-3H3,(H,38,41). The van der Waals surface area contributed by atoms with Gasteiger partial charge in [0, 0.05) is 33.8 Å². The summed E-state index contributed by atoms with van der Waals surface area (Å²) in [7, 11) is 0. The van der Waals surface area contributed by atoms with E-state index in [0.717, 1.165) is 84.3 Å². The highest BCUT2D eigenvalue weighted by Crippen LogP contribution is 2.36. The van der Waals surface area contributed by atoms with E-state index < -0.39 is 6.36 Å². The highest BCUT2D eigenvalue weighted by Gasteiger charge is 2.31. The fourth-order valence-electron chi connectivity index (χ4n) is 5.89. The van der Waals surface area contributed by atoms with Crippen molar-refractivity contribution < 1.29 is 22.7 Å². The molecule has 4 aromatic rings. The predicted octanol–water partition coefficient (Wildman–Crippen LogP) is 8.45. The number of fused-ring (bicyclic) bond motifs is 1. The summed E-state index contributed by atoms with van der Waals surface area (Å²) in [5.41, 5.74) is 7.03. The van der Waals surface area contributed by atoms with Crippen molar-refractivity contribution in [3.05, 3.63) is 83.4 Å². The van der Waals surface area contributed by atoms with Gasteiger partial charge in [-0.2, -0.15) is 0 Å². The first-order valence-electron chi connectivity index (χ1n) is 14.7. The van der Waals surface area contributed by atoms with Gasteiger partial charge in [0.05, 0.1) is 0 Å². The molecule has 1 aliphatic rings. The van der Waals surface area contributed by atoms with Crippen molar-refractivity contribution in [3.63, 3.8) is 0 Å². The average Bonchev–Trinajstić information content (AvgIpc) is 3.30. The highest BCUT2D eigenvalue weighted by molar-refractivity contribution is 5.93. The van der Waals surface area contributed by atoms with E-state index in [1.165, 1.54) is 17.7 Å². The van der Waals surface area contributed by atoms with Crippen molar-refractivity contribution >= 4 is 22.5 Å². The zero-order valence-electron chi connectivity index (χ0n) is 24.4. The van der Waals surface area contributed by atoms with E-state index >= 15 is 0 Å². The van der Waals surface area contributed by atoms with Gasteiger partial charge in [-0.3, -0.25) is 4.79 Å². The summed E-state index contributed by atoms with van der Waals surface area (Å²) in [6.45, 7) is 8.69. The topological polar surface area (TPSA) is 57.4 Å². The summed E-state index contributed by atoms with van der Waals surface area (Å²) < 4.78 is 43.1. The van der Waals surface area contributed by atoms with Crippen molar-refractivity contribution in [3.8, 4) is 17.0 Å². The lowest BCUT2D eigenvalue weighted by Crippen LogP contribution is -2.33. The van der Waals surface area contributed by atoms with Crippen LogP contribution >= 0.6 is 0 Å². The third kappa shape index (κ3) is 7.16. The summed E-state index contributed by atoms with van der Waals surface area (Å²) in [6.07, 6.45) is -1.03. The molecule has 1 aromatic heterocycles. The van der Waals surface area contributed by atoms with Crippen LogP contribution < -0.4 is 10.1 Å². The van der Waals surface area contributed by atoms with Crippen LogP contribution in [-0.4, -0.2) is 41.8 Å². The zero-order chi connectivity index (χ0) is 29.9. The molecule has 3 aromatic carbocycles. The van der Waals surface area contributed by atoms with Gasteiger partial charge in [0.25, 0.3) is 0 Å². The largest absolute Gasteiger partial charge is 0.573 e. The van der Waals surface area contributed by atoms with E-state index in [4.69, 9.17) is 0 Å².